The van der Waals surface area contributed by atoms with E-state index in [1.54, 1.807) is 30.3 Å². The second-order valence-corrected chi connectivity index (χ2v) is 5.01. The first-order chi connectivity index (χ1) is 11.1. The van der Waals surface area contributed by atoms with Gasteiger partial charge in [-0.3, -0.25) is 4.79 Å². The van der Waals surface area contributed by atoms with Crippen LogP contribution in [-0.2, 0) is 14.3 Å². The molecule has 0 saturated heterocycles. The topological polar surface area (TPSA) is 67.8 Å². The van der Waals surface area contributed by atoms with Gasteiger partial charge in [-0.05, 0) is 35.9 Å². The number of cyclic esters (lactones) is 1. The van der Waals surface area contributed by atoms with Crippen LogP contribution in [0, 0.1) is 0 Å². The Kier molecular flexibility index (Phi) is 4.01. The summed E-state index contributed by atoms with van der Waals surface area (Å²) in [5.41, 5.74) is 2.48. The molecule has 0 aliphatic carbocycles. The summed E-state index contributed by atoms with van der Waals surface area (Å²) in [5, 5.41) is 2.67. The van der Waals surface area contributed by atoms with E-state index >= 15 is 0 Å². The Labute approximate surface area is 133 Å². The zero-order valence-electron chi connectivity index (χ0n) is 12.4. The number of nitrogens with one attached hydrogen (secondary N) is 1. The van der Waals surface area contributed by atoms with Crippen LogP contribution in [0.3, 0.4) is 0 Å². The molecule has 1 aliphatic rings. The van der Waals surface area contributed by atoms with E-state index in [2.05, 4.69) is 10.3 Å². The third-order valence-corrected chi connectivity index (χ3v) is 3.18. The normalized spacial score (nSPS) is 15.3. The summed E-state index contributed by atoms with van der Waals surface area (Å²) in [6.07, 6.45) is 1.68. The average molecular weight is 306 g/mol. The van der Waals surface area contributed by atoms with Crippen molar-refractivity contribution in [3.05, 3.63) is 71.4 Å². The number of carbonyl (C=O) groups excluding carboxylic acids is 2. The monoisotopic (exact) mass is 306 g/mol. The zero-order chi connectivity index (χ0) is 16.2. The molecule has 3 rings (SSSR count). The average Bonchev–Trinajstić information content (AvgIpc) is 2.89. The summed E-state index contributed by atoms with van der Waals surface area (Å²) in [7, 11) is 0. The Balaban J connectivity index is 1.84. The van der Waals surface area contributed by atoms with Crippen LogP contribution < -0.4 is 5.32 Å². The molecule has 2 aromatic carbocycles. The van der Waals surface area contributed by atoms with Crippen LogP contribution >= 0.6 is 0 Å². The Hall–Kier alpha value is -3.21. The molecule has 1 aliphatic heterocycles. The van der Waals surface area contributed by atoms with Crippen molar-refractivity contribution in [2.24, 2.45) is 4.99 Å². The number of amides is 1. The van der Waals surface area contributed by atoms with Crippen molar-refractivity contribution in [3.8, 4) is 0 Å². The van der Waals surface area contributed by atoms with Gasteiger partial charge in [-0.2, -0.15) is 0 Å². The summed E-state index contributed by atoms with van der Waals surface area (Å²) in [6, 6.07) is 16.4. The molecule has 114 valence electrons. The number of benzene rings is 2. The maximum absolute atomic E-state index is 11.9. The smallest absolute Gasteiger partial charge is 0.363 e. The van der Waals surface area contributed by atoms with Crippen LogP contribution in [0.25, 0.3) is 6.08 Å². The van der Waals surface area contributed by atoms with Crippen molar-refractivity contribution in [1.29, 1.82) is 0 Å². The van der Waals surface area contributed by atoms with Gasteiger partial charge in [-0.15, -0.1) is 0 Å². The SMILES string of the molecule is CC(=O)Nc1ccc(C2=N/C(=C\c3ccccc3)C(=O)O2)cc1. The fourth-order valence-corrected chi connectivity index (χ4v) is 2.14. The van der Waals surface area contributed by atoms with Gasteiger partial charge in [0.05, 0.1) is 0 Å². The third kappa shape index (κ3) is 3.52. The molecule has 0 fully saturated rings. The van der Waals surface area contributed by atoms with Gasteiger partial charge in [0.2, 0.25) is 11.8 Å². The summed E-state index contributed by atoms with van der Waals surface area (Å²) < 4.78 is 5.21. The second-order valence-electron chi connectivity index (χ2n) is 5.01. The molecule has 2 aromatic rings. The van der Waals surface area contributed by atoms with Gasteiger partial charge in [0.1, 0.15) is 0 Å². The number of anilines is 1. The van der Waals surface area contributed by atoms with Crippen molar-refractivity contribution in [2.45, 2.75) is 6.92 Å². The lowest BCUT2D eigenvalue weighted by molar-refractivity contribution is -0.129. The molecule has 0 aromatic heterocycles. The van der Waals surface area contributed by atoms with Gasteiger partial charge in [-0.1, -0.05) is 30.3 Å². The predicted molar refractivity (Wildman–Crippen MR) is 87.8 cm³/mol. The number of carbonyl (C=O) groups is 2. The predicted octanol–water partition coefficient (Wildman–Crippen LogP) is 2.99. The van der Waals surface area contributed by atoms with E-state index < -0.39 is 5.97 Å². The number of nitrogens with zero attached hydrogens (tertiary/aromatic N) is 1. The molecular weight excluding hydrogens is 292 g/mol. The standard InChI is InChI=1S/C18H14N2O3/c1-12(21)19-15-9-7-14(8-10-15)17-20-16(18(22)23-17)11-13-5-3-2-4-6-13/h2-11H,1H3,(H,19,21)/b16-11-. The van der Waals surface area contributed by atoms with Crippen LogP contribution in [0.2, 0.25) is 0 Å². The van der Waals surface area contributed by atoms with Crippen molar-refractivity contribution in [3.63, 3.8) is 0 Å². The molecule has 0 radical (unpaired) electrons. The Bertz CT molecular complexity index is 806. The van der Waals surface area contributed by atoms with Crippen LogP contribution in [0.15, 0.2) is 65.3 Å². The van der Waals surface area contributed by atoms with Crippen LogP contribution in [0.4, 0.5) is 5.69 Å². The molecule has 5 nitrogen and oxygen atoms in total. The van der Waals surface area contributed by atoms with Gasteiger partial charge < -0.3 is 10.1 Å². The molecular formula is C18H14N2O3. The maximum atomic E-state index is 11.9. The largest absolute Gasteiger partial charge is 0.402 e. The summed E-state index contributed by atoms with van der Waals surface area (Å²) >= 11 is 0. The Morgan fingerprint density at radius 2 is 1.78 bits per heavy atom. The second kappa shape index (κ2) is 6.27. The van der Waals surface area contributed by atoms with E-state index in [1.165, 1.54) is 6.92 Å². The summed E-state index contributed by atoms with van der Waals surface area (Å²) in [4.78, 5) is 27.2. The molecule has 0 bridgehead atoms. The van der Waals surface area contributed by atoms with Gasteiger partial charge in [0.25, 0.3) is 0 Å². The first-order valence-electron chi connectivity index (χ1n) is 7.07. The highest BCUT2D eigenvalue weighted by Crippen LogP contribution is 2.20. The lowest BCUT2D eigenvalue weighted by Gasteiger charge is -2.03. The minimum absolute atomic E-state index is 0.143. The fourth-order valence-electron chi connectivity index (χ4n) is 2.14. The lowest BCUT2D eigenvalue weighted by atomic mass is 10.2. The van der Waals surface area contributed by atoms with E-state index in [9.17, 15) is 9.59 Å². The number of esters is 1. The van der Waals surface area contributed by atoms with E-state index in [0.717, 1.165) is 5.56 Å². The van der Waals surface area contributed by atoms with E-state index in [0.29, 0.717) is 11.3 Å². The van der Waals surface area contributed by atoms with Gasteiger partial charge in [0.15, 0.2) is 5.70 Å². The number of rotatable bonds is 3. The molecule has 0 atom stereocenters. The van der Waals surface area contributed by atoms with Gasteiger partial charge in [-0.25, -0.2) is 9.79 Å². The highest BCUT2D eigenvalue weighted by atomic mass is 16.6. The lowest BCUT2D eigenvalue weighted by Crippen LogP contribution is -2.07. The van der Waals surface area contributed by atoms with Crippen molar-refractivity contribution in [2.75, 3.05) is 5.32 Å². The first kappa shape index (κ1) is 14.7. The first-order valence-corrected chi connectivity index (χ1v) is 7.07. The minimum atomic E-state index is -0.477. The zero-order valence-corrected chi connectivity index (χ0v) is 12.4. The molecule has 0 spiro atoms. The third-order valence-electron chi connectivity index (χ3n) is 3.18. The van der Waals surface area contributed by atoms with Crippen molar-refractivity contribution in [1.82, 2.24) is 0 Å². The van der Waals surface area contributed by atoms with Gasteiger partial charge in [0, 0.05) is 18.2 Å². The quantitative estimate of drug-likeness (QED) is 0.700. The highest BCUT2D eigenvalue weighted by molar-refractivity contribution is 6.13. The van der Waals surface area contributed by atoms with E-state index in [1.807, 2.05) is 30.3 Å². The maximum Gasteiger partial charge on any atom is 0.363 e. The van der Waals surface area contributed by atoms with Crippen LogP contribution in [-0.4, -0.2) is 17.8 Å². The summed E-state index contributed by atoms with van der Waals surface area (Å²) in [6.45, 7) is 1.44. The van der Waals surface area contributed by atoms with Crippen LogP contribution in [0.5, 0.6) is 0 Å². The number of aliphatic imine (C=N–C) groups is 1. The van der Waals surface area contributed by atoms with Gasteiger partial charge >= 0.3 is 5.97 Å². The molecule has 0 saturated carbocycles. The van der Waals surface area contributed by atoms with Crippen molar-refractivity contribution < 1.29 is 14.3 Å². The van der Waals surface area contributed by atoms with E-state index in [-0.39, 0.29) is 17.5 Å². The Morgan fingerprint density at radius 3 is 2.43 bits per heavy atom. The minimum Gasteiger partial charge on any atom is -0.402 e. The number of hydrogen-bond donors (Lipinski definition) is 1. The van der Waals surface area contributed by atoms with Crippen molar-refractivity contribution >= 4 is 29.5 Å². The summed E-state index contributed by atoms with van der Waals surface area (Å²) in [5.74, 6) is -0.364. The molecule has 0 unspecified atom stereocenters. The molecule has 23 heavy (non-hydrogen) atoms. The Morgan fingerprint density at radius 1 is 1.09 bits per heavy atom. The van der Waals surface area contributed by atoms with Crippen LogP contribution in [0.1, 0.15) is 18.1 Å². The molecule has 1 N–H and O–H groups in total. The highest BCUT2D eigenvalue weighted by Gasteiger charge is 2.24. The molecule has 5 heteroatoms. The fraction of sp³-hybridized carbons (Fsp3) is 0.0556. The number of ether oxygens (including phenoxy) is 1. The molecule has 1 amide bonds. The molecule has 1 heterocycles. The van der Waals surface area contributed by atoms with E-state index in [4.69, 9.17) is 4.74 Å². The number of hydrogen-bond acceptors (Lipinski definition) is 4.